The van der Waals surface area contributed by atoms with E-state index in [-0.39, 0.29) is 17.2 Å². The Morgan fingerprint density at radius 3 is 2.03 bits per heavy atom. The van der Waals surface area contributed by atoms with Crippen LogP contribution in [0, 0.1) is 0 Å². The van der Waals surface area contributed by atoms with Crippen molar-refractivity contribution in [3.05, 3.63) is 88.4 Å². The van der Waals surface area contributed by atoms with Crippen LogP contribution < -0.4 is 15.4 Å². The Hall–Kier alpha value is -3.31. The maximum Gasteiger partial charge on any atom is 0.259 e. The van der Waals surface area contributed by atoms with E-state index in [0.717, 1.165) is 5.56 Å². The summed E-state index contributed by atoms with van der Waals surface area (Å²) in [7, 11) is 1.49. The molecule has 3 aromatic rings. The Bertz CT molecular complexity index is 1100. The number of rotatable bonds is 5. The van der Waals surface area contributed by atoms with Crippen molar-refractivity contribution in [2.24, 2.45) is 0 Å². The molecule has 3 aromatic carbocycles. The van der Waals surface area contributed by atoms with Crippen molar-refractivity contribution >= 4 is 34.8 Å². The second kappa shape index (κ2) is 9.23. The van der Waals surface area contributed by atoms with Crippen molar-refractivity contribution in [1.29, 1.82) is 0 Å². The number of amides is 2. The van der Waals surface area contributed by atoms with E-state index in [1.165, 1.54) is 7.11 Å². The summed E-state index contributed by atoms with van der Waals surface area (Å²) >= 11 is 6.01. The van der Waals surface area contributed by atoms with Crippen molar-refractivity contribution in [2.75, 3.05) is 17.7 Å². The van der Waals surface area contributed by atoms with Gasteiger partial charge in [-0.15, -0.1) is 0 Å². The normalized spacial score (nSPS) is 11.0. The monoisotopic (exact) mass is 436 g/mol. The van der Waals surface area contributed by atoms with Crippen LogP contribution in [-0.2, 0) is 5.41 Å². The standard InChI is InChI=1S/C25H25ClN2O3/c1-25(2,3)17-10-8-16(9-11-17)23(29)27-19-6-5-7-20(15-19)28-24(30)21-14-18(26)12-13-22(21)31-4/h5-15H,1-4H3,(H,27,29)(H,28,30). The summed E-state index contributed by atoms with van der Waals surface area (Å²) in [5.41, 5.74) is 3.17. The van der Waals surface area contributed by atoms with Crippen LogP contribution in [0.5, 0.6) is 5.75 Å². The fourth-order valence-electron chi connectivity index (χ4n) is 3.06. The molecule has 0 aromatic heterocycles. The molecule has 0 radical (unpaired) electrons. The highest BCUT2D eigenvalue weighted by atomic mass is 35.5. The SMILES string of the molecule is COc1ccc(Cl)cc1C(=O)Nc1cccc(NC(=O)c2ccc(C(C)(C)C)cc2)c1. The highest BCUT2D eigenvalue weighted by molar-refractivity contribution is 6.31. The lowest BCUT2D eigenvalue weighted by atomic mass is 9.87. The van der Waals surface area contributed by atoms with Crippen LogP contribution in [0.25, 0.3) is 0 Å². The molecule has 2 N–H and O–H groups in total. The van der Waals surface area contributed by atoms with Crippen molar-refractivity contribution in [1.82, 2.24) is 0 Å². The van der Waals surface area contributed by atoms with Crippen molar-refractivity contribution in [3.63, 3.8) is 0 Å². The first kappa shape index (κ1) is 22.4. The van der Waals surface area contributed by atoms with Gasteiger partial charge in [0.05, 0.1) is 12.7 Å². The molecule has 2 amide bonds. The molecule has 3 rings (SSSR count). The Balaban J connectivity index is 1.72. The van der Waals surface area contributed by atoms with E-state index >= 15 is 0 Å². The first-order valence-corrected chi connectivity index (χ1v) is 10.2. The van der Waals surface area contributed by atoms with Crippen LogP contribution in [0.3, 0.4) is 0 Å². The second-order valence-corrected chi connectivity index (χ2v) is 8.60. The molecular weight excluding hydrogens is 412 g/mol. The summed E-state index contributed by atoms with van der Waals surface area (Å²) in [6.07, 6.45) is 0. The van der Waals surface area contributed by atoms with Gasteiger partial charge in [0.1, 0.15) is 5.75 Å². The molecule has 0 saturated heterocycles. The molecule has 31 heavy (non-hydrogen) atoms. The topological polar surface area (TPSA) is 67.4 Å². The largest absolute Gasteiger partial charge is 0.496 e. The molecule has 0 aliphatic carbocycles. The molecule has 0 unspecified atom stereocenters. The van der Waals surface area contributed by atoms with Gasteiger partial charge in [-0.25, -0.2) is 0 Å². The lowest BCUT2D eigenvalue weighted by molar-refractivity contribution is 0.101. The third-order valence-electron chi connectivity index (χ3n) is 4.80. The number of hydrogen-bond donors (Lipinski definition) is 2. The number of methoxy groups -OCH3 is 1. The zero-order valence-corrected chi connectivity index (χ0v) is 18.7. The van der Waals surface area contributed by atoms with Crippen LogP contribution >= 0.6 is 11.6 Å². The Kier molecular flexibility index (Phi) is 6.66. The summed E-state index contributed by atoms with van der Waals surface area (Å²) in [5, 5.41) is 6.11. The molecule has 0 spiro atoms. The van der Waals surface area contributed by atoms with E-state index in [1.807, 2.05) is 24.3 Å². The molecule has 160 valence electrons. The average molecular weight is 437 g/mol. The highest BCUT2D eigenvalue weighted by Gasteiger charge is 2.15. The molecule has 0 saturated carbocycles. The number of anilines is 2. The number of carbonyl (C=O) groups excluding carboxylic acids is 2. The molecule has 0 heterocycles. The van der Waals surface area contributed by atoms with Crippen LogP contribution in [-0.4, -0.2) is 18.9 Å². The number of halogens is 1. The van der Waals surface area contributed by atoms with Gasteiger partial charge in [0.25, 0.3) is 11.8 Å². The third kappa shape index (κ3) is 5.64. The minimum atomic E-state index is -0.361. The Morgan fingerprint density at radius 2 is 1.45 bits per heavy atom. The van der Waals surface area contributed by atoms with E-state index in [4.69, 9.17) is 16.3 Å². The van der Waals surface area contributed by atoms with Crippen LogP contribution in [0.2, 0.25) is 5.02 Å². The zero-order chi connectivity index (χ0) is 22.6. The number of ether oxygens (including phenoxy) is 1. The quantitative estimate of drug-likeness (QED) is 0.504. The first-order chi connectivity index (χ1) is 14.7. The molecule has 5 nitrogen and oxygen atoms in total. The number of benzene rings is 3. The van der Waals surface area contributed by atoms with Gasteiger partial charge in [-0.2, -0.15) is 0 Å². The maximum absolute atomic E-state index is 12.7. The summed E-state index contributed by atoms with van der Waals surface area (Å²) in [6, 6.07) is 19.3. The van der Waals surface area contributed by atoms with Crippen LogP contribution in [0.1, 0.15) is 47.1 Å². The molecule has 0 aliphatic rings. The van der Waals surface area contributed by atoms with Gasteiger partial charge in [-0.1, -0.05) is 50.6 Å². The van der Waals surface area contributed by atoms with Gasteiger partial charge in [-0.3, -0.25) is 9.59 Å². The van der Waals surface area contributed by atoms with Gasteiger partial charge in [0, 0.05) is 22.0 Å². The fraction of sp³-hybridized carbons (Fsp3) is 0.200. The molecule has 6 heteroatoms. The van der Waals surface area contributed by atoms with E-state index in [9.17, 15) is 9.59 Å². The number of hydrogen-bond acceptors (Lipinski definition) is 3. The highest BCUT2D eigenvalue weighted by Crippen LogP contribution is 2.25. The number of nitrogens with one attached hydrogen (secondary N) is 2. The number of carbonyl (C=O) groups is 2. The summed E-state index contributed by atoms with van der Waals surface area (Å²) in [4.78, 5) is 25.3. The summed E-state index contributed by atoms with van der Waals surface area (Å²) < 4.78 is 5.24. The third-order valence-corrected chi connectivity index (χ3v) is 5.03. The minimum Gasteiger partial charge on any atom is -0.496 e. The van der Waals surface area contributed by atoms with Gasteiger partial charge < -0.3 is 15.4 Å². The van der Waals surface area contributed by atoms with Gasteiger partial charge in [0.15, 0.2) is 0 Å². The van der Waals surface area contributed by atoms with E-state index < -0.39 is 0 Å². The van der Waals surface area contributed by atoms with E-state index in [0.29, 0.717) is 33.3 Å². The molecular formula is C25H25ClN2O3. The lowest BCUT2D eigenvalue weighted by Gasteiger charge is -2.19. The maximum atomic E-state index is 12.7. The summed E-state index contributed by atoms with van der Waals surface area (Å²) in [5.74, 6) is -0.161. The van der Waals surface area contributed by atoms with Crippen molar-refractivity contribution in [2.45, 2.75) is 26.2 Å². The van der Waals surface area contributed by atoms with Crippen LogP contribution in [0.4, 0.5) is 11.4 Å². The molecule has 0 fully saturated rings. The zero-order valence-electron chi connectivity index (χ0n) is 18.0. The van der Waals surface area contributed by atoms with E-state index in [1.54, 1.807) is 42.5 Å². The minimum absolute atomic E-state index is 0.0210. The predicted octanol–water partition coefficient (Wildman–Crippen LogP) is 6.15. The smallest absolute Gasteiger partial charge is 0.259 e. The second-order valence-electron chi connectivity index (χ2n) is 8.16. The molecule has 0 bridgehead atoms. The van der Waals surface area contributed by atoms with Crippen LogP contribution in [0.15, 0.2) is 66.7 Å². The Labute approximate surface area is 187 Å². The Morgan fingerprint density at radius 1 is 0.839 bits per heavy atom. The first-order valence-electron chi connectivity index (χ1n) is 9.84. The van der Waals surface area contributed by atoms with E-state index in [2.05, 4.69) is 31.4 Å². The average Bonchev–Trinajstić information content (AvgIpc) is 2.73. The van der Waals surface area contributed by atoms with Crippen molar-refractivity contribution < 1.29 is 14.3 Å². The molecule has 0 atom stereocenters. The van der Waals surface area contributed by atoms with Crippen molar-refractivity contribution in [3.8, 4) is 5.75 Å². The summed E-state index contributed by atoms with van der Waals surface area (Å²) in [6.45, 7) is 6.38. The molecule has 0 aliphatic heterocycles. The predicted molar refractivity (Wildman–Crippen MR) is 125 cm³/mol. The lowest BCUT2D eigenvalue weighted by Crippen LogP contribution is -2.15. The van der Waals surface area contributed by atoms with Gasteiger partial charge in [0.2, 0.25) is 0 Å². The fourth-order valence-corrected chi connectivity index (χ4v) is 3.23. The van der Waals surface area contributed by atoms with Gasteiger partial charge >= 0.3 is 0 Å². The van der Waals surface area contributed by atoms with Gasteiger partial charge in [-0.05, 0) is 59.5 Å².